The van der Waals surface area contributed by atoms with Crippen molar-refractivity contribution in [1.82, 2.24) is 0 Å². The van der Waals surface area contributed by atoms with E-state index in [4.69, 9.17) is 10.5 Å². The number of carbonyl (C=O) groups excluding carboxylic acids is 1. The molecule has 0 aliphatic heterocycles. The van der Waals surface area contributed by atoms with Crippen LogP contribution >= 0.6 is 12.4 Å². The largest absolute Gasteiger partial charge is 0.444 e. The third-order valence-electron chi connectivity index (χ3n) is 1.80. The molecule has 0 aromatic rings. The summed E-state index contributed by atoms with van der Waals surface area (Å²) >= 11 is 0. The van der Waals surface area contributed by atoms with Crippen LogP contribution in [-0.4, -0.2) is 11.7 Å². The summed E-state index contributed by atoms with van der Waals surface area (Å²) in [5.74, 6) is -0.274. The van der Waals surface area contributed by atoms with E-state index in [1.54, 1.807) is 0 Å². The van der Waals surface area contributed by atoms with Crippen LogP contribution in [-0.2, 0) is 9.53 Å². The van der Waals surface area contributed by atoms with Crippen molar-refractivity contribution < 1.29 is 9.53 Å². The molecule has 4 heteroatoms. The van der Waals surface area contributed by atoms with Crippen LogP contribution in [0, 0.1) is 0 Å². The van der Waals surface area contributed by atoms with Crippen molar-refractivity contribution in [1.29, 1.82) is 0 Å². The zero-order chi connectivity index (χ0) is 7.61. The van der Waals surface area contributed by atoms with E-state index in [-0.39, 0.29) is 18.4 Å². The molecule has 66 valence electrons. The lowest BCUT2D eigenvalue weighted by Gasteiger charge is -2.22. The van der Waals surface area contributed by atoms with Gasteiger partial charge in [-0.2, -0.15) is 0 Å². The Morgan fingerprint density at radius 2 is 1.91 bits per heavy atom. The zero-order valence-electron chi connectivity index (χ0n) is 6.63. The molecule has 0 bridgehead atoms. The van der Waals surface area contributed by atoms with E-state index in [0.29, 0.717) is 0 Å². The second kappa shape index (κ2) is 3.93. The zero-order valence-corrected chi connectivity index (χ0v) is 7.45. The van der Waals surface area contributed by atoms with Crippen molar-refractivity contribution in [2.45, 2.75) is 38.3 Å². The van der Waals surface area contributed by atoms with Gasteiger partial charge in [0.15, 0.2) is 5.72 Å². The average Bonchev–Trinajstić information content (AvgIpc) is 2.12. The lowest BCUT2D eigenvalue weighted by atomic mass is 10.2. The van der Waals surface area contributed by atoms with Crippen LogP contribution in [0.25, 0.3) is 0 Å². The summed E-state index contributed by atoms with van der Waals surface area (Å²) in [7, 11) is 0. The Morgan fingerprint density at radius 3 is 2.27 bits per heavy atom. The van der Waals surface area contributed by atoms with E-state index in [1.807, 2.05) is 0 Å². The van der Waals surface area contributed by atoms with Crippen molar-refractivity contribution in [3.05, 3.63) is 0 Å². The summed E-state index contributed by atoms with van der Waals surface area (Å²) in [4.78, 5) is 10.5. The Hall–Kier alpha value is -0.280. The lowest BCUT2D eigenvalue weighted by Crippen LogP contribution is -2.40. The van der Waals surface area contributed by atoms with Crippen LogP contribution in [0.1, 0.15) is 32.6 Å². The number of ether oxygens (including phenoxy) is 1. The fraction of sp³-hybridized carbons (Fsp3) is 0.857. The molecule has 0 amide bonds. The van der Waals surface area contributed by atoms with Crippen LogP contribution in [0.15, 0.2) is 0 Å². The first-order chi connectivity index (χ1) is 4.62. The summed E-state index contributed by atoms with van der Waals surface area (Å²) in [6, 6.07) is 0. The molecule has 11 heavy (non-hydrogen) atoms. The van der Waals surface area contributed by atoms with Crippen molar-refractivity contribution in [3.8, 4) is 0 Å². The number of carbonyl (C=O) groups is 1. The molecule has 1 fully saturated rings. The van der Waals surface area contributed by atoms with Crippen molar-refractivity contribution in [2.24, 2.45) is 5.73 Å². The first-order valence-electron chi connectivity index (χ1n) is 3.61. The Balaban J connectivity index is 0.000001000. The molecule has 3 nitrogen and oxygen atoms in total. The molecule has 0 saturated heterocycles. The standard InChI is InChI=1S/C7H13NO2.ClH/c1-6(9)10-7(8)4-2-3-5-7;/h2-5,8H2,1H3;1H. The van der Waals surface area contributed by atoms with Gasteiger partial charge >= 0.3 is 5.97 Å². The van der Waals surface area contributed by atoms with Gasteiger partial charge in [0, 0.05) is 19.8 Å². The number of nitrogens with two attached hydrogens (primary N) is 1. The first kappa shape index (κ1) is 10.7. The number of esters is 1. The van der Waals surface area contributed by atoms with Crippen molar-refractivity contribution >= 4 is 18.4 Å². The van der Waals surface area contributed by atoms with Gasteiger partial charge in [-0.1, -0.05) is 0 Å². The average molecular weight is 180 g/mol. The van der Waals surface area contributed by atoms with E-state index in [2.05, 4.69) is 0 Å². The molecule has 1 rings (SSSR count). The maximum Gasteiger partial charge on any atom is 0.304 e. The predicted octanol–water partition coefficient (Wildman–Crippen LogP) is 1.20. The molecule has 0 atom stereocenters. The van der Waals surface area contributed by atoms with E-state index in [0.717, 1.165) is 25.7 Å². The normalized spacial score (nSPS) is 20.5. The van der Waals surface area contributed by atoms with Crippen LogP contribution in [0.4, 0.5) is 0 Å². The molecule has 0 radical (unpaired) electrons. The Bertz CT molecular complexity index is 143. The Labute approximate surface area is 72.7 Å². The van der Waals surface area contributed by atoms with E-state index < -0.39 is 5.72 Å². The molecule has 0 aromatic heterocycles. The van der Waals surface area contributed by atoms with E-state index in [9.17, 15) is 4.79 Å². The molecule has 0 heterocycles. The highest BCUT2D eigenvalue weighted by Gasteiger charge is 2.31. The van der Waals surface area contributed by atoms with Gasteiger partial charge in [-0.15, -0.1) is 12.4 Å². The molecule has 0 unspecified atom stereocenters. The summed E-state index contributed by atoms with van der Waals surface area (Å²) < 4.78 is 4.94. The van der Waals surface area contributed by atoms with Crippen molar-refractivity contribution in [3.63, 3.8) is 0 Å². The molecule has 1 aliphatic rings. The SMILES string of the molecule is CC(=O)OC1(N)CCCC1.Cl. The highest BCUT2D eigenvalue weighted by molar-refractivity contribution is 5.85. The quantitative estimate of drug-likeness (QED) is 0.486. The third kappa shape index (κ3) is 3.08. The van der Waals surface area contributed by atoms with Gasteiger partial charge in [0.1, 0.15) is 0 Å². The molecule has 0 spiro atoms. The van der Waals surface area contributed by atoms with Gasteiger partial charge in [-0.3, -0.25) is 10.5 Å². The Morgan fingerprint density at radius 1 is 1.45 bits per heavy atom. The van der Waals surface area contributed by atoms with Gasteiger partial charge in [-0.05, 0) is 12.8 Å². The summed E-state index contributed by atoms with van der Waals surface area (Å²) in [6.45, 7) is 1.40. The highest BCUT2D eigenvalue weighted by atomic mass is 35.5. The topological polar surface area (TPSA) is 52.3 Å². The summed E-state index contributed by atoms with van der Waals surface area (Å²) in [5, 5.41) is 0. The summed E-state index contributed by atoms with van der Waals surface area (Å²) in [6.07, 6.45) is 3.77. The van der Waals surface area contributed by atoms with Crippen LogP contribution in [0.5, 0.6) is 0 Å². The molecule has 1 saturated carbocycles. The van der Waals surface area contributed by atoms with Crippen LogP contribution in [0.3, 0.4) is 0 Å². The number of rotatable bonds is 1. The smallest absolute Gasteiger partial charge is 0.304 e. The van der Waals surface area contributed by atoms with Gasteiger partial charge in [0.2, 0.25) is 0 Å². The monoisotopic (exact) mass is 179 g/mol. The maximum atomic E-state index is 10.5. The van der Waals surface area contributed by atoms with Crippen molar-refractivity contribution in [2.75, 3.05) is 0 Å². The highest BCUT2D eigenvalue weighted by Crippen LogP contribution is 2.27. The number of hydrogen-bond donors (Lipinski definition) is 1. The van der Waals surface area contributed by atoms with Gasteiger partial charge < -0.3 is 4.74 Å². The third-order valence-corrected chi connectivity index (χ3v) is 1.80. The number of halogens is 1. The predicted molar refractivity (Wildman–Crippen MR) is 44.4 cm³/mol. The molecule has 0 aromatic carbocycles. The fourth-order valence-electron chi connectivity index (χ4n) is 1.36. The second-order valence-corrected chi connectivity index (χ2v) is 2.87. The first-order valence-corrected chi connectivity index (χ1v) is 3.61. The second-order valence-electron chi connectivity index (χ2n) is 2.87. The molecule has 2 N–H and O–H groups in total. The van der Waals surface area contributed by atoms with E-state index in [1.165, 1.54) is 6.92 Å². The van der Waals surface area contributed by atoms with E-state index >= 15 is 0 Å². The van der Waals surface area contributed by atoms with Gasteiger partial charge in [0.25, 0.3) is 0 Å². The molecular weight excluding hydrogens is 166 g/mol. The minimum atomic E-state index is -0.633. The van der Waals surface area contributed by atoms with Gasteiger partial charge in [0.05, 0.1) is 0 Å². The minimum absolute atomic E-state index is 0. The van der Waals surface area contributed by atoms with Crippen LogP contribution < -0.4 is 5.73 Å². The maximum absolute atomic E-state index is 10.5. The Kier molecular flexibility index (Phi) is 3.83. The fourth-order valence-corrected chi connectivity index (χ4v) is 1.36. The van der Waals surface area contributed by atoms with Crippen LogP contribution in [0.2, 0.25) is 0 Å². The van der Waals surface area contributed by atoms with Gasteiger partial charge in [-0.25, -0.2) is 0 Å². The lowest BCUT2D eigenvalue weighted by molar-refractivity contribution is -0.155. The minimum Gasteiger partial charge on any atom is -0.444 e. The molecular formula is C7H14ClNO2. The molecule has 1 aliphatic carbocycles. The number of hydrogen-bond acceptors (Lipinski definition) is 3. The summed E-state index contributed by atoms with van der Waals surface area (Å²) in [5.41, 5.74) is 5.08.